The molecule has 0 heterocycles. The van der Waals surface area contributed by atoms with E-state index in [1.807, 2.05) is 6.07 Å². The molecule has 1 rings (SSSR count). The summed E-state index contributed by atoms with van der Waals surface area (Å²) < 4.78 is 0. The highest BCUT2D eigenvalue weighted by Crippen LogP contribution is 2.27. The predicted octanol–water partition coefficient (Wildman–Crippen LogP) is 3.13. The topological polar surface area (TPSA) is 26.0 Å². The molecular formula is C12H19N. The van der Waals surface area contributed by atoms with Crippen LogP contribution < -0.4 is 5.73 Å². The summed E-state index contributed by atoms with van der Waals surface area (Å²) in [6.45, 7) is 8.87. The fourth-order valence-corrected chi connectivity index (χ4v) is 1.64. The van der Waals surface area contributed by atoms with E-state index in [4.69, 9.17) is 5.73 Å². The highest BCUT2D eigenvalue weighted by Gasteiger charge is 2.16. The molecule has 0 saturated carbocycles. The van der Waals surface area contributed by atoms with Gasteiger partial charge in [0.25, 0.3) is 0 Å². The molecule has 0 fully saturated rings. The molecule has 1 nitrogen and oxygen atoms in total. The standard InChI is InChI=1S/C12H19N/c1-5-9-8-10(13)6-7-11(9)12(2,3)4/h6-8H,5,13H2,1-4H3. The van der Waals surface area contributed by atoms with Crippen LogP contribution in [0, 0.1) is 0 Å². The number of anilines is 1. The molecule has 13 heavy (non-hydrogen) atoms. The lowest BCUT2D eigenvalue weighted by Crippen LogP contribution is -2.14. The SMILES string of the molecule is CCc1cc(N)ccc1C(C)(C)C. The Morgan fingerprint density at radius 1 is 1.23 bits per heavy atom. The molecule has 0 unspecified atom stereocenters. The van der Waals surface area contributed by atoms with Gasteiger partial charge in [-0.2, -0.15) is 0 Å². The first-order valence-electron chi connectivity index (χ1n) is 4.84. The molecule has 72 valence electrons. The highest BCUT2D eigenvalue weighted by molar-refractivity contribution is 5.46. The number of hydrogen-bond acceptors (Lipinski definition) is 1. The number of nitrogens with two attached hydrogens (primary N) is 1. The smallest absolute Gasteiger partial charge is 0.0316 e. The van der Waals surface area contributed by atoms with Gasteiger partial charge < -0.3 is 5.73 Å². The molecule has 0 atom stereocenters. The molecule has 0 aliphatic heterocycles. The maximum Gasteiger partial charge on any atom is 0.0316 e. The minimum Gasteiger partial charge on any atom is -0.399 e. The molecule has 0 aliphatic carbocycles. The summed E-state index contributed by atoms with van der Waals surface area (Å²) in [6.07, 6.45) is 1.05. The molecule has 1 heteroatoms. The average molecular weight is 177 g/mol. The van der Waals surface area contributed by atoms with Gasteiger partial charge in [-0.25, -0.2) is 0 Å². The van der Waals surface area contributed by atoms with Gasteiger partial charge in [0, 0.05) is 5.69 Å². The van der Waals surface area contributed by atoms with E-state index in [0.717, 1.165) is 12.1 Å². The van der Waals surface area contributed by atoms with E-state index in [2.05, 4.69) is 39.8 Å². The summed E-state index contributed by atoms with van der Waals surface area (Å²) in [5.74, 6) is 0. The maximum absolute atomic E-state index is 5.75. The maximum atomic E-state index is 5.75. The van der Waals surface area contributed by atoms with Crippen LogP contribution in [0.15, 0.2) is 18.2 Å². The van der Waals surface area contributed by atoms with Gasteiger partial charge >= 0.3 is 0 Å². The van der Waals surface area contributed by atoms with Gasteiger partial charge in [0.1, 0.15) is 0 Å². The Hall–Kier alpha value is -0.980. The van der Waals surface area contributed by atoms with Crippen LogP contribution in [0.25, 0.3) is 0 Å². The molecule has 0 amide bonds. The first-order valence-corrected chi connectivity index (χ1v) is 4.84. The highest BCUT2D eigenvalue weighted by atomic mass is 14.5. The Morgan fingerprint density at radius 3 is 2.31 bits per heavy atom. The Balaban J connectivity index is 3.22. The van der Waals surface area contributed by atoms with Gasteiger partial charge in [0.05, 0.1) is 0 Å². The van der Waals surface area contributed by atoms with Crippen molar-refractivity contribution < 1.29 is 0 Å². The van der Waals surface area contributed by atoms with Gasteiger partial charge in [-0.3, -0.25) is 0 Å². The van der Waals surface area contributed by atoms with Gasteiger partial charge in [0.15, 0.2) is 0 Å². The van der Waals surface area contributed by atoms with Gasteiger partial charge in [-0.05, 0) is 35.1 Å². The van der Waals surface area contributed by atoms with Crippen LogP contribution in [0.1, 0.15) is 38.8 Å². The van der Waals surface area contributed by atoms with Gasteiger partial charge in [-0.15, -0.1) is 0 Å². The average Bonchev–Trinajstić information content (AvgIpc) is 2.01. The van der Waals surface area contributed by atoms with E-state index in [0.29, 0.717) is 0 Å². The van der Waals surface area contributed by atoms with Crippen LogP contribution in [0.5, 0.6) is 0 Å². The van der Waals surface area contributed by atoms with E-state index >= 15 is 0 Å². The monoisotopic (exact) mass is 177 g/mol. The lowest BCUT2D eigenvalue weighted by molar-refractivity contribution is 0.583. The number of aryl methyl sites for hydroxylation is 1. The van der Waals surface area contributed by atoms with Crippen molar-refractivity contribution in [3.8, 4) is 0 Å². The normalized spacial score (nSPS) is 11.7. The number of rotatable bonds is 1. The zero-order valence-electron chi connectivity index (χ0n) is 9.02. The number of nitrogen functional groups attached to an aromatic ring is 1. The zero-order chi connectivity index (χ0) is 10.1. The van der Waals surface area contributed by atoms with Gasteiger partial charge in [-0.1, -0.05) is 33.8 Å². The fourth-order valence-electron chi connectivity index (χ4n) is 1.64. The third-order valence-electron chi connectivity index (χ3n) is 2.32. The second-order valence-corrected chi connectivity index (χ2v) is 4.52. The second-order valence-electron chi connectivity index (χ2n) is 4.52. The quantitative estimate of drug-likeness (QED) is 0.655. The minimum absolute atomic E-state index is 0.221. The fraction of sp³-hybridized carbons (Fsp3) is 0.500. The molecule has 0 aromatic heterocycles. The Bertz CT molecular complexity index is 294. The molecule has 1 aromatic carbocycles. The van der Waals surface area contributed by atoms with E-state index < -0.39 is 0 Å². The first-order chi connectivity index (χ1) is 5.95. The zero-order valence-corrected chi connectivity index (χ0v) is 9.02. The number of hydrogen-bond donors (Lipinski definition) is 1. The van der Waals surface area contributed by atoms with Crippen molar-refractivity contribution in [3.63, 3.8) is 0 Å². The van der Waals surface area contributed by atoms with Crippen LogP contribution in [-0.2, 0) is 11.8 Å². The Kier molecular flexibility index (Phi) is 2.65. The van der Waals surface area contributed by atoms with Crippen LogP contribution in [-0.4, -0.2) is 0 Å². The van der Waals surface area contributed by atoms with Crippen molar-refractivity contribution >= 4 is 5.69 Å². The van der Waals surface area contributed by atoms with Crippen molar-refractivity contribution in [2.24, 2.45) is 0 Å². The van der Waals surface area contributed by atoms with Crippen molar-refractivity contribution in [1.29, 1.82) is 0 Å². The first kappa shape index (κ1) is 10.1. The lowest BCUT2D eigenvalue weighted by Gasteiger charge is -2.22. The Morgan fingerprint density at radius 2 is 1.85 bits per heavy atom. The summed E-state index contributed by atoms with van der Waals surface area (Å²) in [6, 6.07) is 6.22. The Labute approximate surface area is 81.0 Å². The van der Waals surface area contributed by atoms with Crippen molar-refractivity contribution in [2.45, 2.75) is 39.5 Å². The predicted molar refractivity (Wildman–Crippen MR) is 58.9 cm³/mol. The summed E-state index contributed by atoms with van der Waals surface area (Å²) in [4.78, 5) is 0. The molecule has 0 aliphatic rings. The van der Waals surface area contributed by atoms with E-state index in [1.54, 1.807) is 0 Å². The molecule has 0 radical (unpaired) electrons. The summed E-state index contributed by atoms with van der Waals surface area (Å²) in [5, 5.41) is 0. The van der Waals surface area contributed by atoms with Crippen molar-refractivity contribution in [1.82, 2.24) is 0 Å². The third kappa shape index (κ3) is 2.24. The van der Waals surface area contributed by atoms with Crippen LogP contribution >= 0.6 is 0 Å². The van der Waals surface area contributed by atoms with E-state index in [9.17, 15) is 0 Å². The molecule has 1 aromatic rings. The molecular weight excluding hydrogens is 158 g/mol. The lowest BCUT2D eigenvalue weighted by atomic mass is 9.83. The third-order valence-corrected chi connectivity index (χ3v) is 2.32. The number of benzene rings is 1. The molecule has 0 saturated heterocycles. The molecule has 2 N–H and O–H groups in total. The largest absolute Gasteiger partial charge is 0.399 e. The molecule has 0 spiro atoms. The summed E-state index contributed by atoms with van der Waals surface area (Å²) in [7, 11) is 0. The van der Waals surface area contributed by atoms with E-state index in [-0.39, 0.29) is 5.41 Å². The van der Waals surface area contributed by atoms with Crippen molar-refractivity contribution in [2.75, 3.05) is 5.73 Å². The molecule has 0 bridgehead atoms. The van der Waals surface area contributed by atoms with Crippen LogP contribution in [0.4, 0.5) is 5.69 Å². The van der Waals surface area contributed by atoms with Crippen LogP contribution in [0.2, 0.25) is 0 Å². The van der Waals surface area contributed by atoms with Crippen molar-refractivity contribution in [3.05, 3.63) is 29.3 Å². The summed E-state index contributed by atoms with van der Waals surface area (Å²) in [5.41, 5.74) is 9.61. The van der Waals surface area contributed by atoms with Gasteiger partial charge in [0.2, 0.25) is 0 Å². The van der Waals surface area contributed by atoms with Crippen LogP contribution in [0.3, 0.4) is 0 Å². The summed E-state index contributed by atoms with van der Waals surface area (Å²) >= 11 is 0. The minimum atomic E-state index is 0.221. The second kappa shape index (κ2) is 3.41. The van der Waals surface area contributed by atoms with E-state index in [1.165, 1.54) is 11.1 Å².